The zero-order valence-electron chi connectivity index (χ0n) is 19.7. The molecule has 0 saturated carbocycles. The number of benzene rings is 2. The predicted octanol–water partition coefficient (Wildman–Crippen LogP) is 5.28. The summed E-state index contributed by atoms with van der Waals surface area (Å²) < 4.78 is 63.3. The Morgan fingerprint density at radius 2 is 1.89 bits per heavy atom. The summed E-state index contributed by atoms with van der Waals surface area (Å²) in [5, 5.41) is 12.5. The lowest BCUT2D eigenvalue weighted by Gasteiger charge is -2.13. The van der Waals surface area contributed by atoms with Gasteiger partial charge in [0.05, 0.1) is 34.0 Å². The van der Waals surface area contributed by atoms with Gasteiger partial charge in [-0.1, -0.05) is 36.4 Å². The number of nitrogens with zero attached hydrogens (tertiary/aromatic N) is 7. The molecule has 37 heavy (non-hydrogen) atoms. The van der Waals surface area contributed by atoms with Crippen LogP contribution in [0.1, 0.15) is 53.8 Å². The molecule has 0 radical (unpaired) electrons. The summed E-state index contributed by atoms with van der Waals surface area (Å²) in [4.78, 5) is 8.93. The van der Waals surface area contributed by atoms with Crippen LogP contribution in [0.3, 0.4) is 0 Å². The van der Waals surface area contributed by atoms with Crippen LogP contribution in [0.15, 0.2) is 53.3 Å². The molecule has 0 saturated heterocycles. The van der Waals surface area contributed by atoms with Crippen LogP contribution in [0.4, 0.5) is 17.6 Å². The second-order valence-electron chi connectivity index (χ2n) is 9.10. The third-order valence-electron chi connectivity index (χ3n) is 6.26. The minimum Gasteiger partial charge on any atom is -0.332 e. The highest BCUT2D eigenvalue weighted by Crippen LogP contribution is 2.37. The van der Waals surface area contributed by atoms with Crippen molar-refractivity contribution in [2.45, 2.75) is 38.8 Å². The lowest BCUT2D eigenvalue weighted by atomic mass is 10.1. The van der Waals surface area contributed by atoms with E-state index in [-0.39, 0.29) is 30.3 Å². The predicted molar refractivity (Wildman–Crippen MR) is 123 cm³/mol. The molecular weight excluding hydrogens is 490 g/mol. The SMILES string of the molecule is CC(C)c1noc(-c2ncn3c2Cc2c(Cc4cccc(F)c4)nnn2-c2cc(C(F)(F)F)ccc2-3)n1. The molecule has 6 rings (SSSR count). The van der Waals surface area contributed by atoms with E-state index in [1.807, 2.05) is 13.8 Å². The molecule has 0 amide bonds. The minimum atomic E-state index is -4.55. The van der Waals surface area contributed by atoms with Crippen LogP contribution in [0, 0.1) is 5.82 Å². The van der Waals surface area contributed by atoms with E-state index in [1.165, 1.54) is 29.2 Å². The Morgan fingerprint density at radius 1 is 1.05 bits per heavy atom. The summed E-state index contributed by atoms with van der Waals surface area (Å²) in [6.45, 7) is 3.86. The molecule has 0 aliphatic carbocycles. The highest BCUT2D eigenvalue weighted by Gasteiger charge is 2.34. The molecule has 0 atom stereocenters. The maximum Gasteiger partial charge on any atom is 0.416 e. The van der Waals surface area contributed by atoms with Gasteiger partial charge >= 0.3 is 6.18 Å². The van der Waals surface area contributed by atoms with Crippen LogP contribution in [0.25, 0.3) is 23.0 Å². The third kappa shape index (κ3) is 3.98. The van der Waals surface area contributed by atoms with Crippen LogP contribution in [0.2, 0.25) is 0 Å². The molecule has 188 valence electrons. The Balaban J connectivity index is 1.55. The zero-order chi connectivity index (χ0) is 25.9. The van der Waals surface area contributed by atoms with Crippen LogP contribution in [-0.4, -0.2) is 34.7 Å². The number of alkyl halides is 3. The average Bonchev–Trinajstić information content (AvgIpc) is 3.56. The monoisotopic (exact) mass is 509 g/mol. The van der Waals surface area contributed by atoms with E-state index < -0.39 is 17.6 Å². The molecule has 0 unspecified atom stereocenters. The van der Waals surface area contributed by atoms with Gasteiger partial charge in [-0.15, -0.1) is 5.10 Å². The summed E-state index contributed by atoms with van der Waals surface area (Å²) >= 11 is 0. The van der Waals surface area contributed by atoms with E-state index in [9.17, 15) is 17.6 Å². The first-order valence-corrected chi connectivity index (χ1v) is 11.5. The topological polar surface area (TPSA) is 87.5 Å². The van der Waals surface area contributed by atoms with Crippen LogP contribution >= 0.6 is 0 Å². The molecule has 1 aliphatic heterocycles. The van der Waals surface area contributed by atoms with Crippen molar-refractivity contribution in [3.8, 4) is 23.0 Å². The average molecular weight is 509 g/mol. The Bertz CT molecular complexity index is 1630. The molecule has 3 aromatic heterocycles. The molecule has 0 bridgehead atoms. The first kappa shape index (κ1) is 23.1. The molecule has 12 heteroatoms. The fourth-order valence-corrected chi connectivity index (χ4v) is 4.41. The van der Waals surface area contributed by atoms with E-state index in [0.29, 0.717) is 39.9 Å². The van der Waals surface area contributed by atoms with Gasteiger partial charge < -0.3 is 4.52 Å². The van der Waals surface area contributed by atoms with Crippen molar-refractivity contribution in [1.82, 2.24) is 34.7 Å². The summed E-state index contributed by atoms with van der Waals surface area (Å²) in [5.41, 5.74) is 2.56. The van der Waals surface area contributed by atoms with Crippen molar-refractivity contribution < 1.29 is 22.1 Å². The number of rotatable bonds is 4. The fraction of sp³-hybridized carbons (Fsp3) is 0.240. The Kier molecular flexibility index (Phi) is 5.21. The van der Waals surface area contributed by atoms with E-state index in [4.69, 9.17) is 4.52 Å². The summed E-state index contributed by atoms with van der Waals surface area (Å²) in [6, 6.07) is 9.50. The molecular formula is C25H19F4N7O. The van der Waals surface area contributed by atoms with Crippen molar-refractivity contribution in [3.05, 3.63) is 88.6 Å². The van der Waals surface area contributed by atoms with Gasteiger partial charge in [-0.25, -0.2) is 14.1 Å². The molecule has 1 aliphatic rings. The maximum absolute atomic E-state index is 13.8. The number of halogens is 4. The number of hydrogen-bond donors (Lipinski definition) is 0. The van der Waals surface area contributed by atoms with Gasteiger partial charge in [0.25, 0.3) is 5.89 Å². The Labute approximate surface area is 207 Å². The van der Waals surface area contributed by atoms with Gasteiger partial charge in [0.15, 0.2) is 11.5 Å². The fourth-order valence-electron chi connectivity index (χ4n) is 4.41. The summed E-state index contributed by atoms with van der Waals surface area (Å²) in [7, 11) is 0. The van der Waals surface area contributed by atoms with E-state index in [0.717, 1.165) is 12.1 Å². The standard InChI is InChI=1S/C25H19F4N7O/c1-13(2)23-31-24(37-33-23)22-21-11-19-17(9-14-4-3-5-16(26)8-14)32-34-36(19)20-10-15(25(27,28)29)6-7-18(20)35(21)12-30-22/h3-8,10,12-13H,9,11H2,1-2H3. The minimum absolute atomic E-state index is 0.0312. The first-order valence-electron chi connectivity index (χ1n) is 11.5. The van der Waals surface area contributed by atoms with Crippen molar-refractivity contribution in [3.63, 3.8) is 0 Å². The van der Waals surface area contributed by atoms with Gasteiger partial charge in [0, 0.05) is 18.8 Å². The molecule has 5 aromatic rings. The lowest BCUT2D eigenvalue weighted by molar-refractivity contribution is -0.137. The van der Waals surface area contributed by atoms with Crippen molar-refractivity contribution in [1.29, 1.82) is 0 Å². The second-order valence-corrected chi connectivity index (χ2v) is 9.10. The van der Waals surface area contributed by atoms with E-state index in [1.54, 1.807) is 16.7 Å². The van der Waals surface area contributed by atoms with Gasteiger partial charge in [-0.2, -0.15) is 18.2 Å². The van der Waals surface area contributed by atoms with Crippen molar-refractivity contribution >= 4 is 0 Å². The molecule has 4 heterocycles. The van der Waals surface area contributed by atoms with Gasteiger partial charge in [0.1, 0.15) is 12.1 Å². The highest BCUT2D eigenvalue weighted by molar-refractivity contribution is 5.62. The van der Waals surface area contributed by atoms with Gasteiger partial charge in [-0.3, -0.25) is 4.57 Å². The number of fused-ring (bicyclic) bond motifs is 5. The Morgan fingerprint density at radius 3 is 2.62 bits per heavy atom. The molecule has 2 aromatic carbocycles. The molecule has 0 spiro atoms. The largest absolute Gasteiger partial charge is 0.416 e. The quantitative estimate of drug-likeness (QED) is 0.301. The molecule has 0 N–H and O–H groups in total. The van der Waals surface area contributed by atoms with Crippen LogP contribution in [0.5, 0.6) is 0 Å². The third-order valence-corrected chi connectivity index (χ3v) is 6.26. The van der Waals surface area contributed by atoms with Crippen LogP contribution in [-0.2, 0) is 19.0 Å². The van der Waals surface area contributed by atoms with Crippen molar-refractivity contribution in [2.24, 2.45) is 0 Å². The number of aromatic nitrogens is 7. The van der Waals surface area contributed by atoms with Gasteiger partial charge in [-0.05, 0) is 35.9 Å². The van der Waals surface area contributed by atoms with E-state index >= 15 is 0 Å². The first-order chi connectivity index (χ1) is 17.7. The van der Waals surface area contributed by atoms with E-state index in [2.05, 4.69) is 25.4 Å². The normalized spacial score (nSPS) is 12.8. The Hall–Kier alpha value is -4.35. The summed E-state index contributed by atoms with van der Waals surface area (Å²) in [6.07, 6.45) is -2.58. The lowest BCUT2D eigenvalue weighted by Crippen LogP contribution is -2.09. The smallest absolute Gasteiger partial charge is 0.332 e. The summed E-state index contributed by atoms with van der Waals surface area (Å²) in [5.74, 6) is 0.356. The number of imidazole rings is 1. The molecule has 8 nitrogen and oxygen atoms in total. The zero-order valence-corrected chi connectivity index (χ0v) is 19.7. The highest BCUT2D eigenvalue weighted by atomic mass is 19.4. The number of hydrogen-bond acceptors (Lipinski definition) is 6. The van der Waals surface area contributed by atoms with Gasteiger partial charge in [0.2, 0.25) is 0 Å². The second kappa shape index (κ2) is 8.36. The maximum atomic E-state index is 13.8. The molecule has 0 fully saturated rings. The van der Waals surface area contributed by atoms with Crippen LogP contribution < -0.4 is 0 Å². The van der Waals surface area contributed by atoms with Crippen molar-refractivity contribution in [2.75, 3.05) is 0 Å².